The molecule has 6 nitrogen and oxygen atoms in total. The van der Waals surface area contributed by atoms with E-state index in [1.165, 1.54) is 24.5 Å². The Labute approximate surface area is 162 Å². The van der Waals surface area contributed by atoms with Crippen LogP contribution in [0.25, 0.3) is 16.8 Å². The summed E-state index contributed by atoms with van der Waals surface area (Å²) in [5, 5.41) is 11.5. The van der Waals surface area contributed by atoms with E-state index in [0.717, 1.165) is 0 Å². The van der Waals surface area contributed by atoms with Crippen molar-refractivity contribution in [3.8, 4) is 17.2 Å². The fourth-order valence-corrected chi connectivity index (χ4v) is 5.00. The van der Waals surface area contributed by atoms with Crippen molar-refractivity contribution in [3.63, 3.8) is 0 Å². The first kappa shape index (κ1) is 18.3. The molecule has 0 aromatic heterocycles. The molecular formula is C20H17FN4O2S. The summed E-state index contributed by atoms with van der Waals surface area (Å²) < 4.78 is 40.3. The van der Waals surface area contributed by atoms with Gasteiger partial charge in [0.15, 0.2) is 9.84 Å². The van der Waals surface area contributed by atoms with E-state index in [4.69, 9.17) is 11.0 Å². The Kier molecular flexibility index (Phi) is 4.29. The fourth-order valence-electron chi connectivity index (χ4n) is 3.12. The Hall–Kier alpha value is -3.02. The van der Waals surface area contributed by atoms with Crippen LogP contribution in [0.15, 0.2) is 58.6 Å². The number of aliphatic imine (C=N–C) groups is 1. The average Bonchev–Trinajstić information content (AvgIpc) is 3.54. The molecule has 3 N–H and O–H groups in total. The lowest BCUT2D eigenvalue weighted by atomic mass is 10.0. The van der Waals surface area contributed by atoms with Crippen LogP contribution < -0.4 is 11.1 Å². The van der Waals surface area contributed by atoms with Gasteiger partial charge in [-0.05, 0) is 36.6 Å². The molecular weight excluding hydrogens is 379 g/mol. The van der Waals surface area contributed by atoms with Gasteiger partial charge in [0, 0.05) is 11.1 Å². The first-order valence-corrected chi connectivity index (χ1v) is 10.2. The smallest absolute Gasteiger partial charge is 0.212 e. The SMILES string of the molecule is N#CC1(N)C=NC=C(c2ccc(-c3ccccc3S(=O)(=O)C3CC3)cc2F)N1. The fraction of sp³-hybridized carbons (Fsp3) is 0.200. The summed E-state index contributed by atoms with van der Waals surface area (Å²) in [7, 11) is -3.42. The van der Waals surface area contributed by atoms with E-state index in [9.17, 15) is 12.8 Å². The van der Waals surface area contributed by atoms with Gasteiger partial charge in [-0.2, -0.15) is 5.26 Å². The van der Waals surface area contributed by atoms with Crippen LogP contribution in [0.2, 0.25) is 0 Å². The molecule has 28 heavy (non-hydrogen) atoms. The van der Waals surface area contributed by atoms with E-state index < -0.39 is 21.3 Å². The summed E-state index contributed by atoms with van der Waals surface area (Å²) >= 11 is 0. The highest BCUT2D eigenvalue weighted by atomic mass is 32.2. The van der Waals surface area contributed by atoms with Crippen molar-refractivity contribution in [2.75, 3.05) is 0 Å². The lowest BCUT2D eigenvalue weighted by molar-refractivity contribution is 0.595. The number of nitriles is 1. The lowest BCUT2D eigenvalue weighted by Gasteiger charge is -2.24. The molecule has 0 radical (unpaired) electrons. The summed E-state index contributed by atoms with van der Waals surface area (Å²) in [6.45, 7) is 0. The van der Waals surface area contributed by atoms with Crippen LogP contribution in [-0.4, -0.2) is 25.5 Å². The highest BCUT2D eigenvalue weighted by Gasteiger charge is 2.38. The zero-order valence-corrected chi connectivity index (χ0v) is 15.6. The van der Waals surface area contributed by atoms with Crippen LogP contribution >= 0.6 is 0 Å². The predicted octanol–water partition coefficient (Wildman–Crippen LogP) is 2.58. The molecule has 1 fully saturated rings. The molecule has 0 saturated heterocycles. The Balaban J connectivity index is 1.74. The third-order valence-corrected chi connectivity index (χ3v) is 7.05. The van der Waals surface area contributed by atoms with Crippen LogP contribution in [0, 0.1) is 17.1 Å². The van der Waals surface area contributed by atoms with Crippen molar-refractivity contribution in [1.82, 2.24) is 5.32 Å². The van der Waals surface area contributed by atoms with Gasteiger partial charge >= 0.3 is 0 Å². The standard InChI is InChI=1S/C20H17FN4O2S/c21-17-9-13(5-8-16(17)18-10-24-12-20(23,11-22)25-18)15-3-1-2-4-19(15)28(26,27)14-6-7-14/h1-5,8-10,12,14,25H,6-7,23H2. The molecule has 1 saturated carbocycles. The highest BCUT2D eigenvalue weighted by Crippen LogP contribution is 2.38. The van der Waals surface area contributed by atoms with E-state index >= 15 is 0 Å². The molecule has 0 amide bonds. The van der Waals surface area contributed by atoms with Gasteiger partial charge in [-0.15, -0.1) is 0 Å². The Morgan fingerprint density at radius 1 is 1.21 bits per heavy atom. The van der Waals surface area contributed by atoms with Gasteiger partial charge in [0.05, 0.1) is 28.3 Å². The predicted molar refractivity (Wildman–Crippen MR) is 104 cm³/mol. The Morgan fingerprint density at radius 2 is 1.96 bits per heavy atom. The molecule has 4 rings (SSSR count). The van der Waals surface area contributed by atoms with Crippen molar-refractivity contribution in [1.29, 1.82) is 5.26 Å². The second-order valence-corrected chi connectivity index (χ2v) is 9.06. The Bertz CT molecular complexity index is 1160. The molecule has 0 spiro atoms. The molecule has 2 aromatic carbocycles. The highest BCUT2D eigenvalue weighted by molar-refractivity contribution is 7.92. The number of nitrogens with one attached hydrogen (secondary N) is 1. The van der Waals surface area contributed by atoms with E-state index in [2.05, 4.69) is 10.3 Å². The maximum Gasteiger partial charge on any atom is 0.212 e. The van der Waals surface area contributed by atoms with Crippen molar-refractivity contribution in [2.24, 2.45) is 10.7 Å². The van der Waals surface area contributed by atoms with Gasteiger partial charge in [0.25, 0.3) is 0 Å². The second kappa shape index (κ2) is 6.55. The van der Waals surface area contributed by atoms with Crippen molar-refractivity contribution in [3.05, 3.63) is 60.0 Å². The van der Waals surface area contributed by atoms with Crippen LogP contribution in [0.5, 0.6) is 0 Å². The number of sulfone groups is 1. The lowest BCUT2D eigenvalue weighted by Crippen LogP contribution is -2.54. The molecule has 1 aliphatic carbocycles. The quantitative estimate of drug-likeness (QED) is 0.826. The van der Waals surface area contributed by atoms with Crippen LogP contribution in [0.1, 0.15) is 18.4 Å². The number of halogens is 1. The normalized spacial score (nSPS) is 21.5. The Morgan fingerprint density at radius 3 is 2.64 bits per heavy atom. The molecule has 2 aliphatic rings. The van der Waals surface area contributed by atoms with Crippen molar-refractivity contribution < 1.29 is 12.8 Å². The first-order chi connectivity index (χ1) is 13.3. The molecule has 1 heterocycles. The van der Waals surface area contributed by atoms with Gasteiger partial charge < -0.3 is 5.32 Å². The average molecular weight is 396 g/mol. The van der Waals surface area contributed by atoms with E-state index in [1.54, 1.807) is 30.3 Å². The minimum atomic E-state index is -3.42. The van der Waals surface area contributed by atoms with Gasteiger partial charge in [0.1, 0.15) is 11.9 Å². The molecule has 2 aromatic rings. The van der Waals surface area contributed by atoms with Gasteiger partial charge in [-0.3, -0.25) is 10.7 Å². The molecule has 0 bridgehead atoms. The summed E-state index contributed by atoms with van der Waals surface area (Å²) in [6, 6.07) is 12.9. The monoisotopic (exact) mass is 396 g/mol. The number of hydrogen-bond acceptors (Lipinski definition) is 6. The zero-order valence-electron chi connectivity index (χ0n) is 14.8. The van der Waals surface area contributed by atoms with Gasteiger partial charge in [-0.1, -0.05) is 24.3 Å². The van der Waals surface area contributed by atoms with E-state index in [-0.39, 0.29) is 21.4 Å². The topological polar surface area (TPSA) is 108 Å². The maximum absolute atomic E-state index is 14.9. The molecule has 8 heteroatoms. The molecule has 1 unspecified atom stereocenters. The second-order valence-electron chi connectivity index (χ2n) is 6.86. The summed E-state index contributed by atoms with van der Waals surface area (Å²) in [5.74, 6) is -0.577. The minimum Gasteiger partial charge on any atom is -0.349 e. The van der Waals surface area contributed by atoms with Crippen molar-refractivity contribution in [2.45, 2.75) is 28.6 Å². The molecule has 142 valence electrons. The summed E-state index contributed by atoms with van der Waals surface area (Å²) in [5.41, 5.74) is 5.68. The number of nitrogens with zero attached hydrogens (tertiary/aromatic N) is 2. The maximum atomic E-state index is 14.9. The van der Waals surface area contributed by atoms with Gasteiger partial charge in [-0.25, -0.2) is 12.8 Å². The van der Waals surface area contributed by atoms with Gasteiger partial charge in [0.2, 0.25) is 5.66 Å². The summed E-state index contributed by atoms with van der Waals surface area (Å²) in [6.07, 6.45) is 3.93. The third-order valence-electron chi connectivity index (χ3n) is 4.74. The largest absolute Gasteiger partial charge is 0.349 e. The van der Waals surface area contributed by atoms with Crippen LogP contribution in [-0.2, 0) is 9.84 Å². The number of nitrogens with two attached hydrogens (primary N) is 1. The van der Waals surface area contributed by atoms with E-state index in [1.807, 2.05) is 6.07 Å². The molecule has 1 atom stereocenters. The van der Waals surface area contributed by atoms with Crippen molar-refractivity contribution >= 4 is 21.7 Å². The van der Waals surface area contributed by atoms with E-state index in [0.29, 0.717) is 24.0 Å². The number of rotatable bonds is 4. The summed E-state index contributed by atoms with van der Waals surface area (Å²) in [4.78, 5) is 4.13. The van der Waals surface area contributed by atoms with Crippen LogP contribution in [0.3, 0.4) is 0 Å². The third kappa shape index (κ3) is 3.19. The minimum absolute atomic E-state index is 0.188. The zero-order chi connectivity index (χ0) is 19.9. The number of benzene rings is 2. The number of hydrogen-bond donors (Lipinski definition) is 2. The van der Waals surface area contributed by atoms with Crippen LogP contribution in [0.4, 0.5) is 4.39 Å². The molecule has 1 aliphatic heterocycles. The first-order valence-electron chi connectivity index (χ1n) is 8.70.